The molecule has 19 heavy (non-hydrogen) atoms. The van der Waals surface area contributed by atoms with Gasteiger partial charge in [0.05, 0.1) is 13.0 Å². The molecular weight excluding hydrogens is 240 g/mol. The molecule has 0 spiro atoms. The number of aliphatic carboxylic acids is 1. The smallest absolute Gasteiger partial charge is 0.307 e. The highest BCUT2D eigenvalue weighted by atomic mass is 16.5. The lowest BCUT2D eigenvalue weighted by Crippen LogP contribution is -2.02. The van der Waals surface area contributed by atoms with Gasteiger partial charge in [-0.3, -0.25) is 4.79 Å². The Bertz CT molecular complexity index is 517. The van der Waals surface area contributed by atoms with Crippen LogP contribution in [0.25, 0.3) is 0 Å². The summed E-state index contributed by atoms with van der Waals surface area (Å²) in [5, 5.41) is 8.67. The third kappa shape index (κ3) is 4.47. The van der Waals surface area contributed by atoms with Crippen LogP contribution < -0.4 is 4.74 Å². The van der Waals surface area contributed by atoms with Gasteiger partial charge in [-0.2, -0.15) is 0 Å². The number of ether oxygens (including phenoxy) is 1. The molecule has 2 aromatic carbocycles. The van der Waals surface area contributed by atoms with Gasteiger partial charge in [0.25, 0.3) is 0 Å². The van der Waals surface area contributed by atoms with E-state index in [1.54, 1.807) is 12.1 Å². The Kier molecular flexibility index (Phi) is 4.56. The van der Waals surface area contributed by atoms with Gasteiger partial charge < -0.3 is 9.84 Å². The van der Waals surface area contributed by atoms with Crippen LogP contribution in [0.4, 0.5) is 0 Å². The van der Waals surface area contributed by atoms with Crippen LogP contribution in [-0.4, -0.2) is 17.7 Å². The second-order valence-corrected chi connectivity index (χ2v) is 4.30. The van der Waals surface area contributed by atoms with E-state index in [2.05, 4.69) is 12.1 Å². The van der Waals surface area contributed by atoms with Crippen molar-refractivity contribution in [1.29, 1.82) is 0 Å². The molecule has 0 heterocycles. The quantitative estimate of drug-likeness (QED) is 0.864. The van der Waals surface area contributed by atoms with E-state index in [1.807, 2.05) is 30.3 Å². The van der Waals surface area contributed by atoms with E-state index in [0.29, 0.717) is 6.61 Å². The number of rotatable bonds is 6. The van der Waals surface area contributed by atoms with Crippen molar-refractivity contribution >= 4 is 5.97 Å². The van der Waals surface area contributed by atoms with Gasteiger partial charge in [0, 0.05) is 6.42 Å². The topological polar surface area (TPSA) is 46.5 Å². The van der Waals surface area contributed by atoms with Crippen LogP contribution in [0.15, 0.2) is 54.6 Å². The zero-order chi connectivity index (χ0) is 13.5. The van der Waals surface area contributed by atoms with Crippen molar-refractivity contribution in [2.45, 2.75) is 12.8 Å². The average molecular weight is 256 g/mol. The van der Waals surface area contributed by atoms with E-state index >= 15 is 0 Å². The molecular formula is C16H16O3. The zero-order valence-corrected chi connectivity index (χ0v) is 10.6. The molecule has 98 valence electrons. The van der Waals surface area contributed by atoms with Crippen LogP contribution in [-0.2, 0) is 17.6 Å². The minimum Gasteiger partial charge on any atom is -0.493 e. The molecule has 2 aromatic rings. The molecule has 2 rings (SSSR count). The highest BCUT2D eigenvalue weighted by Gasteiger charge is 2.00. The van der Waals surface area contributed by atoms with Crippen molar-refractivity contribution in [3.05, 3.63) is 65.7 Å². The molecule has 0 atom stereocenters. The van der Waals surface area contributed by atoms with Crippen LogP contribution in [0.3, 0.4) is 0 Å². The predicted octanol–water partition coefficient (Wildman–Crippen LogP) is 2.94. The first-order valence-corrected chi connectivity index (χ1v) is 6.21. The second kappa shape index (κ2) is 6.59. The minimum absolute atomic E-state index is 0.0459. The molecule has 0 aromatic heterocycles. The van der Waals surface area contributed by atoms with E-state index < -0.39 is 5.97 Å². The number of benzene rings is 2. The van der Waals surface area contributed by atoms with Crippen LogP contribution >= 0.6 is 0 Å². The van der Waals surface area contributed by atoms with Crippen molar-refractivity contribution in [3.8, 4) is 5.75 Å². The van der Waals surface area contributed by atoms with Crippen molar-refractivity contribution in [1.82, 2.24) is 0 Å². The van der Waals surface area contributed by atoms with E-state index in [1.165, 1.54) is 5.56 Å². The average Bonchev–Trinajstić information content (AvgIpc) is 2.41. The van der Waals surface area contributed by atoms with E-state index in [-0.39, 0.29) is 6.42 Å². The van der Waals surface area contributed by atoms with Crippen LogP contribution in [0.5, 0.6) is 5.75 Å². The van der Waals surface area contributed by atoms with E-state index in [9.17, 15) is 4.79 Å². The molecule has 0 aliphatic heterocycles. The number of hydrogen-bond donors (Lipinski definition) is 1. The first-order valence-electron chi connectivity index (χ1n) is 6.21. The summed E-state index contributed by atoms with van der Waals surface area (Å²) in [5.41, 5.74) is 2.02. The van der Waals surface area contributed by atoms with Crippen molar-refractivity contribution in [2.24, 2.45) is 0 Å². The summed E-state index contributed by atoms with van der Waals surface area (Å²) < 4.78 is 5.62. The van der Waals surface area contributed by atoms with Gasteiger partial charge >= 0.3 is 5.97 Å². The Morgan fingerprint density at radius 2 is 1.63 bits per heavy atom. The standard InChI is InChI=1S/C16H16O3/c17-16(18)12-14-6-8-15(9-7-14)19-11-10-13-4-2-1-3-5-13/h1-9H,10-12H2,(H,17,18). The highest BCUT2D eigenvalue weighted by molar-refractivity contribution is 5.70. The predicted molar refractivity (Wildman–Crippen MR) is 73.4 cm³/mol. The van der Waals surface area contributed by atoms with Crippen LogP contribution in [0.1, 0.15) is 11.1 Å². The maximum Gasteiger partial charge on any atom is 0.307 e. The van der Waals surface area contributed by atoms with Crippen molar-refractivity contribution in [3.63, 3.8) is 0 Å². The lowest BCUT2D eigenvalue weighted by Gasteiger charge is -2.06. The first kappa shape index (κ1) is 13.1. The van der Waals surface area contributed by atoms with Gasteiger partial charge in [0.1, 0.15) is 5.75 Å². The summed E-state index contributed by atoms with van der Waals surface area (Å²) in [6.07, 6.45) is 0.905. The third-order valence-corrected chi connectivity index (χ3v) is 2.78. The Morgan fingerprint density at radius 1 is 0.947 bits per heavy atom. The lowest BCUT2D eigenvalue weighted by molar-refractivity contribution is -0.136. The van der Waals surface area contributed by atoms with Crippen LogP contribution in [0, 0.1) is 0 Å². The molecule has 0 saturated heterocycles. The summed E-state index contributed by atoms with van der Waals surface area (Å²) in [7, 11) is 0. The molecule has 0 radical (unpaired) electrons. The van der Waals surface area contributed by atoms with Gasteiger partial charge in [-0.05, 0) is 23.3 Å². The monoisotopic (exact) mass is 256 g/mol. The molecule has 3 nitrogen and oxygen atoms in total. The van der Waals surface area contributed by atoms with E-state index in [0.717, 1.165) is 17.7 Å². The minimum atomic E-state index is -0.822. The Labute approximate surface area is 112 Å². The maximum absolute atomic E-state index is 10.6. The molecule has 1 N–H and O–H groups in total. The third-order valence-electron chi connectivity index (χ3n) is 2.78. The second-order valence-electron chi connectivity index (χ2n) is 4.30. The van der Waals surface area contributed by atoms with Gasteiger partial charge in [0.15, 0.2) is 0 Å². The molecule has 0 amide bonds. The Balaban J connectivity index is 1.81. The lowest BCUT2D eigenvalue weighted by atomic mass is 10.1. The largest absolute Gasteiger partial charge is 0.493 e. The SMILES string of the molecule is O=C(O)Cc1ccc(OCCc2ccccc2)cc1. The van der Waals surface area contributed by atoms with E-state index in [4.69, 9.17) is 9.84 Å². The highest BCUT2D eigenvalue weighted by Crippen LogP contribution is 2.13. The zero-order valence-electron chi connectivity index (χ0n) is 10.6. The summed E-state index contributed by atoms with van der Waals surface area (Å²) in [6.45, 7) is 0.613. The summed E-state index contributed by atoms with van der Waals surface area (Å²) in [4.78, 5) is 10.6. The number of hydrogen-bond acceptors (Lipinski definition) is 2. The number of carboxylic acids is 1. The first-order chi connectivity index (χ1) is 9.24. The summed E-state index contributed by atoms with van der Waals surface area (Å²) in [6, 6.07) is 17.3. The fourth-order valence-electron chi connectivity index (χ4n) is 1.81. The van der Waals surface area contributed by atoms with Crippen molar-refractivity contribution in [2.75, 3.05) is 6.61 Å². The molecule has 0 fully saturated rings. The molecule has 0 saturated carbocycles. The number of carbonyl (C=O) groups is 1. The van der Waals surface area contributed by atoms with Crippen LogP contribution in [0.2, 0.25) is 0 Å². The Morgan fingerprint density at radius 3 is 2.26 bits per heavy atom. The molecule has 0 bridgehead atoms. The molecule has 0 aliphatic rings. The molecule has 0 aliphatic carbocycles. The number of carboxylic acid groups (broad SMARTS) is 1. The molecule has 0 unspecified atom stereocenters. The van der Waals surface area contributed by atoms with Gasteiger partial charge in [0.2, 0.25) is 0 Å². The van der Waals surface area contributed by atoms with Gasteiger partial charge in [-0.1, -0.05) is 42.5 Å². The normalized spacial score (nSPS) is 10.1. The summed E-state index contributed by atoms with van der Waals surface area (Å²) >= 11 is 0. The van der Waals surface area contributed by atoms with Gasteiger partial charge in [-0.25, -0.2) is 0 Å². The fourth-order valence-corrected chi connectivity index (χ4v) is 1.81. The van der Waals surface area contributed by atoms with Crippen molar-refractivity contribution < 1.29 is 14.6 Å². The fraction of sp³-hybridized carbons (Fsp3) is 0.188. The van der Waals surface area contributed by atoms with Gasteiger partial charge in [-0.15, -0.1) is 0 Å². The maximum atomic E-state index is 10.6. The summed E-state index contributed by atoms with van der Waals surface area (Å²) in [5.74, 6) is -0.0529. The Hall–Kier alpha value is -2.29. The molecule has 3 heteroatoms.